The van der Waals surface area contributed by atoms with E-state index in [1.54, 1.807) is 0 Å². The summed E-state index contributed by atoms with van der Waals surface area (Å²) in [4.78, 5) is 11.2. The highest BCUT2D eigenvalue weighted by molar-refractivity contribution is 9.10. The lowest BCUT2D eigenvalue weighted by molar-refractivity contribution is -0.0501. The van der Waals surface area contributed by atoms with Crippen molar-refractivity contribution >= 4 is 33.3 Å². The Kier molecular flexibility index (Phi) is 4.04. The maximum Gasteiger partial charge on any atom is 0.387 e. The summed E-state index contributed by atoms with van der Waals surface area (Å²) in [6.45, 7) is -1.76. The molecule has 0 saturated heterocycles. The van der Waals surface area contributed by atoms with Gasteiger partial charge in [-0.25, -0.2) is 0 Å². The predicted molar refractivity (Wildman–Crippen MR) is 55.8 cm³/mol. The van der Waals surface area contributed by atoms with Crippen molar-refractivity contribution in [1.29, 1.82) is 0 Å². The van der Waals surface area contributed by atoms with Crippen LogP contribution in [0.1, 0.15) is 17.3 Å². The van der Waals surface area contributed by atoms with E-state index in [0.29, 0.717) is 4.47 Å². The standard InChI is InChI=1S/C9H6BrClF2O2/c1-4(14)8-6(11)2-5(10)3-7(8)15-9(12)13/h2-3,9H,1H3. The van der Waals surface area contributed by atoms with Crippen molar-refractivity contribution in [3.63, 3.8) is 0 Å². The number of ether oxygens (including phenoxy) is 1. The van der Waals surface area contributed by atoms with E-state index in [4.69, 9.17) is 11.6 Å². The molecule has 0 fully saturated rings. The van der Waals surface area contributed by atoms with Crippen LogP contribution in [0.2, 0.25) is 5.02 Å². The van der Waals surface area contributed by atoms with Crippen LogP contribution < -0.4 is 4.74 Å². The molecule has 15 heavy (non-hydrogen) atoms. The maximum atomic E-state index is 12.0. The first-order valence-corrected chi connectivity index (χ1v) is 5.03. The summed E-state index contributed by atoms with van der Waals surface area (Å²) in [6.07, 6.45) is 0. The molecule has 0 spiro atoms. The number of rotatable bonds is 3. The van der Waals surface area contributed by atoms with Crippen LogP contribution in [0.15, 0.2) is 16.6 Å². The number of ketones is 1. The molecule has 0 N–H and O–H groups in total. The van der Waals surface area contributed by atoms with Crippen LogP contribution in [0.4, 0.5) is 8.78 Å². The SMILES string of the molecule is CC(=O)c1c(Cl)cc(Br)cc1OC(F)F. The Labute approximate surface area is 98.3 Å². The molecule has 0 heterocycles. The third-order valence-electron chi connectivity index (χ3n) is 1.59. The van der Waals surface area contributed by atoms with Crippen LogP contribution in [0.5, 0.6) is 5.75 Å². The fourth-order valence-electron chi connectivity index (χ4n) is 1.08. The van der Waals surface area contributed by atoms with Crippen LogP contribution in [-0.2, 0) is 0 Å². The molecule has 0 aliphatic rings. The number of hydrogen-bond acceptors (Lipinski definition) is 2. The van der Waals surface area contributed by atoms with E-state index in [-0.39, 0.29) is 16.3 Å². The summed E-state index contributed by atoms with van der Waals surface area (Å²) < 4.78 is 28.7. The quantitative estimate of drug-likeness (QED) is 0.791. The van der Waals surface area contributed by atoms with Crippen LogP contribution in [0.25, 0.3) is 0 Å². The summed E-state index contributed by atoms with van der Waals surface area (Å²) in [5.74, 6) is -0.653. The monoisotopic (exact) mass is 298 g/mol. The first-order chi connectivity index (χ1) is 6.91. The van der Waals surface area contributed by atoms with E-state index in [9.17, 15) is 13.6 Å². The molecule has 2 nitrogen and oxygen atoms in total. The van der Waals surface area contributed by atoms with Crippen molar-refractivity contribution in [2.75, 3.05) is 0 Å². The van der Waals surface area contributed by atoms with Gasteiger partial charge >= 0.3 is 6.61 Å². The van der Waals surface area contributed by atoms with Crippen molar-refractivity contribution in [3.05, 3.63) is 27.2 Å². The second-order valence-electron chi connectivity index (χ2n) is 2.70. The zero-order valence-electron chi connectivity index (χ0n) is 7.56. The van der Waals surface area contributed by atoms with Crippen LogP contribution in [-0.4, -0.2) is 12.4 Å². The van der Waals surface area contributed by atoms with Gasteiger partial charge < -0.3 is 4.74 Å². The van der Waals surface area contributed by atoms with Gasteiger partial charge in [-0.1, -0.05) is 27.5 Å². The fourth-order valence-corrected chi connectivity index (χ4v) is 1.99. The number of carbonyl (C=O) groups is 1. The molecular formula is C9H6BrClF2O2. The highest BCUT2D eigenvalue weighted by Gasteiger charge is 2.17. The van der Waals surface area contributed by atoms with Crippen LogP contribution in [0.3, 0.4) is 0 Å². The molecule has 1 rings (SSSR count). The minimum Gasteiger partial charge on any atom is -0.434 e. The number of alkyl halides is 2. The van der Waals surface area contributed by atoms with Crippen molar-refractivity contribution in [2.45, 2.75) is 13.5 Å². The van der Waals surface area contributed by atoms with Gasteiger partial charge in [0.15, 0.2) is 5.78 Å². The average molecular weight is 299 g/mol. The first-order valence-electron chi connectivity index (χ1n) is 3.86. The largest absolute Gasteiger partial charge is 0.434 e. The Balaban J connectivity index is 3.27. The normalized spacial score (nSPS) is 10.5. The van der Waals surface area contributed by atoms with E-state index in [2.05, 4.69) is 20.7 Å². The van der Waals surface area contributed by atoms with Gasteiger partial charge in [0.05, 0.1) is 10.6 Å². The number of hydrogen-bond donors (Lipinski definition) is 0. The summed E-state index contributed by atoms with van der Waals surface area (Å²) in [5, 5.41) is 0.0764. The van der Waals surface area contributed by atoms with Gasteiger partial charge in [-0.3, -0.25) is 4.79 Å². The lowest BCUT2D eigenvalue weighted by Gasteiger charge is -2.10. The molecule has 0 atom stereocenters. The second kappa shape index (κ2) is 4.90. The Morgan fingerprint density at radius 1 is 1.53 bits per heavy atom. The molecule has 0 aliphatic carbocycles. The third kappa shape index (κ3) is 3.14. The molecule has 1 aromatic carbocycles. The lowest BCUT2D eigenvalue weighted by atomic mass is 10.1. The molecule has 6 heteroatoms. The minimum atomic E-state index is -2.99. The van der Waals surface area contributed by atoms with Gasteiger partial charge in [0, 0.05) is 4.47 Å². The molecule has 0 amide bonds. The Morgan fingerprint density at radius 3 is 2.60 bits per heavy atom. The van der Waals surface area contributed by atoms with Crippen molar-refractivity contribution in [2.24, 2.45) is 0 Å². The predicted octanol–water partition coefficient (Wildman–Crippen LogP) is 3.91. The van der Waals surface area contributed by atoms with E-state index in [1.165, 1.54) is 19.1 Å². The Morgan fingerprint density at radius 2 is 2.13 bits per heavy atom. The zero-order chi connectivity index (χ0) is 11.6. The molecule has 0 aromatic heterocycles. The van der Waals surface area contributed by atoms with E-state index in [0.717, 1.165) is 0 Å². The average Bonchev–Trinajstić information content (AvgIpc) is 1.99. The van der Waals surface area contributed by atoms with Gasteiger partial charge in [-0.15, -0.1) is 0 Å². The Hall–Kier alpha value is -0.680. The summed E-state index contributed by atoms with van der Waals surface area (Å²) in [5.41, 5.74) is -0.0415. The maximum absolute atomic E-state index is 12.0. The molecule has 0 saturated carbocycles. The molecule has 0 unspecified atom stereocenters. The van der Waals surface area contributed by atoms with Crippen molar-refractivity contribution < 1.29 is 18.3 Å². The zero-order valence-corrected chi connectivity index (χ0v) is 9.90. The summed E-state index contributed by atoms with van der Waals surface area (Å²) >= 11 is 8.80. The van der Waals surface area contributed by atoms with Crippen molar-refractivity contribution in [3.8, 4) is 5.75 Å². The lowest BCUT2D eigenvalue weighted by Crippen LogP contribution is -2.07. The summed E-state index contributed by atoms with van der Waals surface area (Å²) in [7, 11) is 0. The second-order valence-corrected chi connectivity index (χ2v) is 4.02. The third-order valence-corrected chi connectivity index (χ3v) is 2.34. The number of carbonyl (C=O) groups excluding carboxylic acids is 1. The van der Waals surface area contributed by atoms with Crippen molar-refractivity contribution in [1.82, 2.24) is 0 Å². The summed E-state index contributed by atoms with van der Waals surface area (Å²) in [6, 6.07) is 2.71. The molecule has 0 radical (unpaired) electrons. The van der Waals surface area contributed by atoms with Gasteiger partial charge in [0.25, 0.3) is 0 Å². The van der Waals surface area contributed by atoms with E-state index in [1.807, 2.05) is 0 Å². The molecule has 0 bridgehead atoms. The number of halogens is 4. The minimum absolute atomic E-state index is 0.0415. The highest BCUT2D eigenvalue weighted by Crippen LogP contribution is 2.32. The van der Waals surface area contributed by atoms with Gasteiger partial charge in [0.1, 0.15) is 5.75 Å². The molecule has 0 aliphatic heterocycles. The Bertz CT molecular complexity index is 396. The topological polar surface area (TPSA) is 26.3 Å². The van der Waals surface area contributed by atoms with Gasteiger partial charge in [0.2, 0.25) is 0 Å². The first kappa shape index (κ1) is 12.4. The molecule has 82 valence electrons. The highest BCUT2D eigenvalue weighted by atomic mass is 79.9. The van der Waals surface area contributed by atoms with Gasteiger partial charge in [-0.2, -0.15) is 8.78 Å². The smallest absolute Gasteiger partial charge is 0.387 e. The van der Waals surface area contributed by atoms with Gasteiger partial charge in [-0.05, 0) is 19.1 Å². The molecule has 1 aromatic rings. The number of Topliss-reactive ketones (excluding diaryl/α,β-unsaturated/α-hetero) is 1. The van der Waals surface area contributed by atoms with Crippen LogP contribution >= 0.6 is 27.5 Å². The number of benzene rings is 1. The van der Waals surface area contributed by atoms with Crippen LogP contribution in [0, 0.1) is 0 Å². The molecular weight excluding hydrogens is 293 g/mol. The fraction of sp³-hybridized carbons (Fsp3) is 0.222. The van der Waals surface area contributed by atoms with E-state index >= 15 is 0 Å². The van der Waals surface area contributed by atoms with E-state index < -0.39 is 12.4 Å².